The number of benzene rings is 1. The van der Waals surface area contributed by atoms with Crippen LogP contribution in [-0.4, -0.2) is 31.6 Å². The first-order valence-electron chi connectivity index (χ1n) is 8.09. The molecule has 2 aromatic rings. The molecule has 0 saturated carbocycles. The molecule has 5 nitrogen and oxygen atoms in total. The van der Waals surface area contributed by atoms with Crippen molar-refractivity contribution in [3.05, 3.63) is 46.5 Å². The summed E-state index contributed by atoms with van der Waals surface area (Å²) in [4.78, 5) is 10.8. The second kappa shape index (κ2) is 8.88. The molecule has 0 atom stereocenters. The van der Waals surface area contributed by atoms with Crippen LogP contribution >= 0.6 is 11.3 Å². The van der Waals surface area contributed by atoms with Crippen LogP contribution < -0.4 is 15.5 Å². The van der Waals surface area contributed by atoms with Crippen LogP contribution in [-0.2, 0) is 19.3 Å². The highest BCUT2D eigenvalue weighted by molar-refractivity contribution is 7.13. The van der Waals surface area contributed by atoms with Crippen LogP contribution in [0.5, 0.6) is 0 Å². The Kier molecular flexibility index (Phi) is 6.84. The molecular formula is C17H22F3N5S. The molecule has 0 bridgehead atoms. The van der Waals surface area contributed by atoms with Gasteiger partial charge in [0.2, 0.25) is 0 Å². The van der Waals surface area contributed by atoms with Gasteiger partial charge in [0.15, 0.2) is 11.1 Å². The van der Waals surface area contributed by atoms with Crippen molar-refractivity contribution in [2.24, 2.45) is 4.99 Å². The largest absolute Gasteiger partial charge is 0.416 e. The van der Waals surface area contributed by atoms with Crippen molar-refractivity contribution >= 4 is 22.4 Å². The Morgan fingerprint density at radius 1 is 1.19 bits per heavy atom. The Hall–Kier alpha value is -2.29. The molecule has 1 heterocycles. The van der Waals surface area contributed by atoms with Gasteiger partial charge in [0, 0.05) is 26.0 Å². The lowest BCUT2D eigenvalue weighted by molar-refractivity contribution is -0.137. The Morgan fingerprint density at radius 3 is 2.42 bits per heavy atom. The molecule has 0 unspecified atom stereocenters. The average Bonchev–Trinajstić information content (AvgIpc) is 3.06. The fourth-order valence-electron chi connectivity index (χ4n) is 2.07. The summed E-state index contributed by atoms with van der Waals surface area (Å²) in [5.74, 6) is 0.590. The maximum absolute atomic E-state index is 12.6. The minimum Gasteiger partial charge on any atom is -0.357 e. The third-order valence-electron chi connectivity index (χ3n) is 3.40. The summed E-state index contributed by atoms with van der Waals surface area (Å²) in [5.41, 5.74) is 0.952. The van der Waals surface area contributed by atoms with E-state index in [2.05, 4.69) is 20.6 Å². The first-order chi connectivity index (χ1) is 12.3. The summed E-state index contributed by atoms with van der Waals surface area (Å²) < 4.78 is 37.8. The summed E-state index contributed by atoms with van der Waals surface area (Å²) in [6.45, 7) is 3.43. The lowest BCUT2D eigenvalue weighted by Gasteiger charge is -2.11. The van der Waals surface area contributed by atoms with Crippen LogP contribution in [0.3, 0.4) is 0 Å². The van der Waals surface area contributed by atoms with Crippen molar-refractivity contribution in [2.75, 3.05) is 25.5 Å². The van der Waals surface area contributed by atoms with Crippen LogP contribution in [0.15, 0.2) is 34.6 Å². The molecule has 0 aliphatic carbocycles. The maximum atomic E-state index is 12.6. The topological polar surface area (TPSA) is 52.6 Å². The van der Waals surface area contributed by atoms with Gasteiger partial charge in [0.05, 0.1) is 24.3 Å². The zero-order valence-corrected chi connectivity index (χ0v) is 15.7. The molecule has 1 aromatic carbocycles. The second-order valence-electron chi connectivity index (χ2n) is 5.76. The number of aliphatic imine (C=N–C) groups is 1. The molecular weight excluding hydrogens is 363 g/mol. The van der Waals surface area contributed by atoms with Gasteiger partial charge in [0.25, 0.3) is 0 Å². The number of alkyl halides is 3. The van der Waals surface area contributed by atoms with Gasteiger partial charge in [-0.1, -0.05) is 12.1 Å². The van der Waals surface area contributed by atoms with Crippen molar-refractivity contribution in [3.8, 4) is 0 Å². The van der Waals surface area contributed by atoms with Gasteiger partial charge in [-0.3, -0.25) is 0 Å². The van der Waals surface area contributed by atoms with E-state index in [0.29, 0.717) is 24.6 Å². The number of hydrogen-bond acceptors (Lipinski definition) is 4. The van der Waals surface area contributed by atoms with Crippen molar-refractivity contribution in [1.29, 1.82) is 0 Å². The number of thiazole rings is 1. The summed E-state index contributed by atoms with van der Waals surface area (Å²) in [6.07, 6.45) is -4.32. The minimum atomic E-state index is -4.32. The van der Waals surface area contributed by atoms with Gasteiger partial charge in [-0.05, 0) is 24.6 Å². The van der Waals surface area contributed by atoms with E-state index in [1.165, 1.54) is 12.1 Å². The Morgan fingerprint density at radius 2 is 1.88 bits per heavy atom. The van der Waals surface area contributed by atoms with Crippen molar-refractivity contribution < 1.29 is 13.2 Å². The quantitative estimate of drug-likeness (QED) is 0.591. The molecule has 0 radical (unpaired) electrons. The maximum Gasteiger partial charge on any atom is 0.416 e. The second-order valence-corrected chi connectivity index (χ2v) is 6.60. The average molecular weight is 385 g/mol. The summed E-state index contributed by atoms with van der Waals surface area (Å²) in [5, 5.41) is 9.19. The molecule has 2 N–H and O–H groups in total. The molecule has 9 heteroatoms. The minimum absolute atomic E-state index is 0.285. The zero-order chi connectivity index (χ0) is 19.2. The fourth-order valence-corrected chi connectivity index (χ4v) is 2.83. The van der Waals surface area contributed by atoms with E-state index in [1.807, 2.05) is 31.3 Å². The first-order valence-corrected chi connectivity index (χ1v) is 8.97. The number of nitrogens with one attached hydrogen (secondary N) is 2. The lowest BCUT2D eigenvalue weighted by atomic mass is 10.1. The highest BCUT2D eigenvalue weighted by atomic mass is 32.1. The van der Waals surface area contributed by atoms with E-state index >= 15 is 0 Å². The van der Waals surface area contributed by atoms with Crippen molar-refractivity contribution in [2.45, 2.75) is 26.2 Å². The monoisotopic (exact) mass is 385 g/mol. The first kappa shape index (κ1) is 20.0. The molecule has 0 aliphatic heterocycles. The Bertz CT molecular complexity index is 723. The summed E-state index contributed by atoms with van der Waals surface area (Å²) >= 11 is 1.56. The van der Waals surface area contributed by atoms with E-state index in [0.717, 1.165) is 23.0 Å². The van der Waals surface area contributed by atoms with Gasteiger partial charge in [-0.2, -0.15) is 13.2 Å². The van der Waals surface area contributed by atoms with Crippen LogP contribution in [0.2, 0.25) is 0 Å². The number of halogens is 3. The van der Waals surface area contributed by atoms with Crippen molar-refractivity contribution in [1.82, 2.24) is 15.6 Å². The predicted molar refractivity (Wildman–Crippen MR) is 99.5 cm³/mol. The zero-order valence-electron chi connectivity index (χ0n) is 14.9. The molecule has 0 aliphatic rings. The fraction of sp³-hybridized carbons (Fsp3) is 0.412. The highest BCUT2D eigenvalue weighted by Crippen LogP contribution is 2.29. The number of anilines is 1. The molecule has 0 saturated heterocycles. The number of nitrogens with zero attached hydrogens (tertiary/aromatic N) is 3. The van der Waals surface area contributed by atoms with Crippen LogP contribution in [0.1, 0.15) is 23.7 Å². The van der Waals surface area contributed by atoms with E-state index in [-0.39, 0.29) is 6.54 Å². The number of aromatic nitrogens is 1. The smallest absolute Gasteiger partial charge is 0.357 e. The van der Waals surface area contributed by atoms with E-state index < -0.39 is 11.7 Å². The normalized spacial score (nSPS) is 12.2. The number of hydrogen-bond donors (Lipinski definition) is 2. The van der Waals surface area contributed by atoms with E-state index in [9.17, 15) is 13.2 Å². The van der Waals surface area contributed by atoms with Gasteiger partial charge in [-0.15, -0.1) is 11.3 Å². The van der Waals surface area contributed by atoms with Crippen molar-refractivity contribution in [3.63, 3.8) is 0 Å². The number of rotatable bonds is 6. The third kappa shape index (κ3) is 5.91. The molecule has 2 rings (SSSR count). The Balaban J connectivity index is 1.97. The predicted octanol–water partition coefficient (Wildman–Crippen LogP) is 3.48. The lowest BCUT2D eigenvalue weighted by Crippen LogP contribution is -2.36. The molecule has 0 spiro atoms. The summed E-state index contributed by atoms with van der Waals surface area (Å²) in [7, 11) is 3.87. The Labute approximate surface area is 155 Å². The van der Waals surface area contributed by atoms with E-state index in [4.69, 9.17) is 0 Å². The molecule has 0 amide bonds. The van der Waals surface area contributed by atoms with Crippen LogP contribution in [0, 0.1) is 0 Å². The number of guanidine groups is 1. The summed E-state index contributed by atoms with van der Waals surface area (Å²) in [6, 6.07) is 5.03. The molecule has 142 valence electrons. The van der Waals surface area contributed by atoms with Gasteiger partial charge in [-0.25, -0.2) is 9.98 Å². The van der Waals surface area contributed by atoms with Gasteiger partial charge < -0.3 is 15.5 Å². The molecule has 0 fully saturated rings. The van der Waals surface area contributed by atoms with Gasteiger partial charge >= 0.3 is 6.18 Å². The van der Waals surface area contributed by atoms with Gasteiger partial charge in [0.1, 0.15) is 0 Å². The molecule has 1 aromatic heterocycles. The standard InChI is InChI=1S/C17H22F3N5S/c1-4-21-15(23-10-14-11-26-16(24-14)25(2)3)22-9-12-5-7-13(8-6-12)17(18,19)20/h5-8,11H,4,9-10H2,1-3H3,(H2,21,22,23). The SMILES string of the molecule is CCNC(=NCc1ccc(C(F)(F)F)cc1)NCc1csc(N(C)C)n1. The molecule has 26 heavy (non-hydrogen) atoms. The third-order valence-corrected chi connectivity index (χ3v) is 4.46. The highest BCUT2D eigenvalue weighted by Gasteiger charge is 2.29. The van der Waals surface area contributed by atoms with E-state index in [1.54, 1.807) is 11.3 Å². The van der Waals surface area contributed by atoms with Crippen LogP contribution in [0.4, 0.5) is 18.3 Å². The van der Waals surface area contributed by atoms with Crippen LogP contribution in [0.25, 0.3) is 0 Å².